The van der Waals surface area contributed by atoms with Gasteiger partial charge in [0.05, 0.1) is 0 Å². The molecule has 0 aromatic carbocycles. The predicted molar refractivity (Wildman–Crippen MR) is 61.8 cm³/mol. The lowest BCUT2D eigenvalue weighted by Crippen LogP contribution is -2.48. The number of carbonyl (C=O) groups excluding carboxylic acids is 2. The van der Waals surface area contributed by atoms with Gasteiger partial charge in [-0.15, -0.1) is 5.48 Å². The molecule has 0 radical (unpaired) electrons. The van der Waals surface area contributed by atoms with Gasteiger partial charge in [-0.3, -0.25) is 0 Å². The molecule has 2 amide bonds. The number of hydroxylamine groups is 1. The maximum atomic E-state index is 11.5. The second-order valence-corrected chi connectivity index (χ2v) is 4.23. The molecule has 2 aliphatic heterocycles. The van der Waals surface area contributed by atoms with E-state index in [1.54, 1.807) is 0 Å². The lowest BCUT2D eigenvalue weighted by Gasteiger charge is -2.26. The average Bonchev–Trinajstić information content (AvgIpc) is 2.90. The summed E-state index contributed by atoms with van der Waals surface area (Å²) in [6.45, 7) is 4.07. The molecule has 0 aromatic heterocycles. The summed E-state index contributed by atoms with van der Waals surface area (Å²) >= 11 is 0. The molecule has 1 atom stereocenters. The van der Waals surface area contributed by atoms with Crippen LogP contribution in [0.15, 0.2) is 0 Å². The minimum atomic E-state index is -0.729. The van der Waals surface area contributed by atoms with Crippen molar-refractivity contribution in [2.24, 2.45) is 0 Å². The normalized spacial score (nSPS) is 23.6. The molecule has 3 N–H and O–H groups in total. The number of ether oxygens (including phenoxy) is 1. The molecule has 8 nitrogen and oxygen atoms in total. The Balaban J connectivity index is 1.63. The molecule has 0 spiro atoms. The van der Waals surface area contributed by atoms with Gasteiger partial charge in [-0.2, -0.15) is 0 Å². The maximum absolute atomic E-state index is 11.5. The van der Waals surface area contributed by atoms with Crippen LogP contribution in [0.25, 0.3) is 0 Å². The van der Waals surface area contributed by atoms with Crippen molar-refractivity contribution >= 4 is 12.2 Å². The molecule has 18 heavy (non-hydrogen) atoms. The highest BCUT2D eigenvalue weighted by molar-refractivity contribution is 5.72. The molecule has 2 rings (SSSR count). The van der Waals surface area contributed by atoms with Crippen LogP contribution in [0.1, 0.15) is 6.42 Å². The van der Waals surface area contributed by atoms with Crippen LogP contribution in [0.3, 0.4) is 0 Å². The number of nitrogens with one attached hydrogen (secondary N) is 3. The standard InChI is InChI=1S/C10H18N4O4/c15-9(17-8-1-2-12-7-8)13-18-10(16)14-5-3-11-4-6-14/h8,11-12H,1-7H2,(H,13,15)/t8-/m1/s1. The van der Waals surface area contributed by atoms with Crippen LogP contribution in [-0.4, -0.2) is 62.5 Å². The highest BCUT2D eigenvalue weighted by Gasteiger charge is 2.21. The fourth-order valence-electron chi connectivity index (χ4n) is 1.90. The Morgan fingerprint density at radius 1 is 1.17 bits per heavy atom. The van der Waals surface area contributed by atoms with Gasteiger partial charge >= 0.3 is 12.2 Å². The molecule has 0 aromatic rings. The predicted octanol–water partition coefficient (Wildman–Crippen LogP) is -0.969. The third kappa shape index (κ3) is 3.74. The lowest BCUT2D eigenvalue weighted by atomic mass is 10.3. The van der Waals surface area contributed by atoms with Crippen LogP contribution < -0.4 is 16.1 Å². The molecule has 0 unspecified atom stereocenters. The fraction of sp³-hybridized carbons (Fsp3) is 0.800. The smallest absolute Gasteiger partial charge is 0.441 e. The molecule has 8 heteroatoms. The number of hydrogen-bond acceptors (Lipinski definition) is 6. The van der Waals surface area contributed by atoms with Crippen molar-refractivity contribution in [1.29, 1.82) is 0 Å². The third-order valence-electron chi connectivity index (χ3n) is 2.89. The van der Waals surface area contributed by atoms with Crippen molar-refractivity contribution in [2.45, 2.75) is 12.5 Å². The number of carbonyl (C=O) groups is 2. The monoisotopic (exact) mass is 258 g/mol. The highest BCUT2D eigenvalue weighted by Crippen LogP contribution is 2.03. The molecule has 2 fully saturated rings. The molecule has 0 bridgehead atoms. The summed E-state index contributed by atoms with van der Waals surface area (Å²) < 4.78 is 5.03. The molecule has 102 valence electrons. The van der Waals surface area contributed by atoms with E-state index in [0.717, 1.165) is 26.1 Å². The van der Waals surface area contributed by atoms with E-state index < -0.39 is 12.2 Å². The van der Waals surface area contributed by atoms with Gasteiger partial charge in [0.15, 0.2) is 0 Å². The van der Waals surface area contributed by atoms with E-state index in [1.807, 2.05) is 5.48 Å². The van der Waals surface area contributed by atoms with Gasteiger partial charge in [-0.1, -0.05) is 0 Å². The van der Waals surface area contributed by atoms with Crippen molar-refractivity contribution in [3.63, 3.8) is 0 Å². The summed E-state index contributed by atoms with van der Waals surface area (Å²) in [7, 11) is 0. The Morgan fingerprint density at radius 3 is 2.61 bits per heavy atom. The van der Waals surface area contributed by atoms with Gasteiger partial charge in [-0.05, 0) is 13.0 Å². The second-order valence-electron chi connectivity index (χ2n) is 4.23. The van der Waals surface area contributed by atoms with E-state index in [4.69, 9.17) is 4.74 Å². The largest absolute Gasteiger partial charge is 0.443 e. The molecular weight excluding hydrogens is 240 g/mol. The van der Waals surface area contributed by atoms with Crippen molar-refractivity contribution in [3.8, 4) is 0 Å². The third-order valence-corrected chi connectivity index (χ3v) is 2.89. The van der Waals surface area contributed by atoms with Gasteiger partial charge in [0.2, 0.25) is 0 Å². The first-order valence-corrected chi connectivity index (χ1v) is 6.09. The van der Waals surface area contributed by atoms with Crippen molar-refractivity contribution in [2.75, 3.05) is 39.3 Å². The molecule has 2 aliphatic rings. The zero-order chi connectivity index (χ0) is 12.8. The summed E-state index contributed by atoms with van der Waals surface area (Å²) in [4.78, 5) is 29.0. The summed E-state index contributed by atoms with van der Waals surface area (Å²) in [5.74, 6) is 0. The first kappa shape index (κ1) is 12.9. The van der Waals surface area contributed by atoms with E-state index in [2.05, 4.69) is 15.5 Å². The SMILES string of the molecule is O=C(NOC(=O)N1CCNCC1)O[C@@H]1CCNC1. The summed E-state index contributed by atoms with van der Waals surface area (Å²) in [6, 6.07) is 0. The summed E-state index contributed by atoms with van der Waals surface area (Å²) in [5, 5.41) is 6.18. The Bertz CT molecular complexity index is 300. The van der Waals surface area contributed by atoms with E-state index in [1.165, 1.54) is 4.90 Å². The second kappa shape index (κ2) is 6.41. The molecule has 0 saturated carbocycles. The molecule has 2 heterocycles. The van der Waals surface area contributed by atoms with Crippen molar-refractivity contribution in [1.82, 2.24) is 21.0 Å². The number of rotatable bonds is 1. The summed E-state index contributed by atoms with van der Waals surface area (Å²) in [6.07, 6.45) is -0.660. The van der Waals surface area contributed by atoms with Gasteiger partial charge in [0, 0.05) is 32.7 Å². The Labute approximate surface area is 105 Å². The number of amides is 2. The van der Waals surface area contributed by atoms with Crippen LogP contribution in [-0.2, 0) is 9.57 Å². The van der Waals surface area contributed by atoms with Gasteiger partial charge in [-0.25, -0.2) is 9.59 Å². The summed E-state index contributed by atoms with van der Waals surface area (Å²) in [5.41, 5.74) is 2.01. The molecular formula is C10H18N4O4. The van der Waals surface area contributed by atoms with Crippen LogP contribution in [0.4, 0.5) is 9.59 Å². The number of nitrogens with zero attached hydrogens (tertiary/aromatic N) is 1. The van der Waals surface area contributed by atoms with E-state index >= 15 is 0 Å². The maximum Gasteiger partial charge on any atom is 0.441 e. The van der Waals surface area contributed by atoms with Crippen LogP contribution in [0.5, 0.6) is 0 Å². The zero-order valence-corrected chi connectivity index (χ0v) is 10.1. The van der Waals surface area contributed by atoms with E-state index in [9.17, 15) is 9.59 Å². The van der Waals surface area contributed by atoms with Crippen molar-refractivity contribution < 1.29 is 19.2 Å². The molecule has 0 aliphatic carbocycles. The van der Waals surface area contributed by atoms with Gasteiger partial charge in [0.1, 0.15) is 6.10 Å². The van der Waals surface area contributed by atoms with Crippen LogP contribution in [0.2, 0.25) is 0 Å². The molecule has 2 saturated heterocycles. The van der Waals surface area contributed by atoms with Gasteiger partial charge in [0.25, 0.3) is 0 Å². The first-order valence-electron chi connectivity index (χ1n) is 6.09. The van der Waals surface area contributed by atoms with E-state index in [-0.39, 0.29) is 6.10 Å². The topological polar surface area (TPSA) is 91.9 Å². The Kier molecular flexibility index (Phi) is 4.59. The quantitative estimate of drug-likeness (QED) is 0.524. The van der Waals surface area contributed by atoms with Crippen LogP contribution in [0, 0.1) is 0 Å². The number of hydrogen-bond donors (Lipinski definition) is 3. The Hall–Kier alpha value is -1.54. The van der Waals surface area contributed by atoms with E-state index in [0.29, 0.717) is 19.6 Å². The highest BCUT2D eigenvalue weighted by atomic mass is 16.7. The van der Waals surface area contributed by atoms with Gasteiger partial charge < -0.3 is 25.1 Å². The lowest BCUT2D eigenvalue weighted by molar-refractivity contribution is 0.0286. The fourth-order valence-corrected chi connectivity index (χ4v) is 1.90. The minimum absolute atomic E-state index is 0.150. The number of piperazine rings is 1. The zero-order valence-electron chi connectivity index (χ0n) is 10.1. The van der Waals surface area contributed by atoms with Crippen molar-refractivity contribution in [3.05, 3.63) is 0 Å². The average molecular weight is 258 g/mol. The minimum Gasteiger partial charge on any atom is -0.443 e. The Morgan fingerprint density at radius 2 is 1.94 bits per heavy atom. The van der Waals surface area contributed by atoms with Crippen LogP contribution >= 0.6 is 0 Å². The first-order chi connectivity index (χ1) is 8.75.